The molecule has 2 N–H and O–H groups in total. The van der Waals surface area contributed by atoms with Gasteiger partial charge < -0.3 is 5.73 Å². The van der Waals surface area contributed by atoms with Gasteiger partial charge in [0.2, 0.25) is 0 Å². The molecular weight excluding hydrogens is 244 g/mol. The predicted octanol–water partition coefficient (Wildman–Crippen LogP) is 3.94. The molecule has 3 fully saturated rings. The van der Waals surface area contributed by atoms with Crippen molar-refractivity contribution in [2.75, 3.05) is 0 Å². The molecule has 0 aromatic carbocycles. The Morgan fingerprint density at radius 3 is 2.00 bits per heavy atom. The summed E-state index contributed by atoms with van der Waals surface area (Å²) in [5.41, 5.74) is 6.88. The third-order valence-corrected chi connectivity index (χ3v) is 6.45. The van der Waals surface area contributed by atoms with Crippen LogP contribution in [0.5, 0.6) is 0 Å². The minimum Gasteiger partial charge on any atom is -0.328 e. The van der Waals surface area contributed by atoms with Crippen molar-refractivity contribution in [1.82, 2.24) is 4.90 Å². The molecule has 116 valence electrons. The average molecular weight is 278 g/mol. The van der Waals surface area contributed by atoms with Gasteiger partial charge in [0.05, 0.1) is 0 Å². The van der Waals surface area contributed by atoms with E-state index < -0.39 is 0 Å². The Labute approximate surface area is 125 Å². The van der Waals surface area contributed by atoms with Gasteiger partial charge in [-0.05, 0) is 65.2 Å². The first-order valence-corrected chi connectivity index (χ1v) is 8.86. The van der Waals surface area contributed by atoms with Gasteiger partial charge in [0.1, 0.15) is 0 Å². The molecule has 2 aliphatic carbocycles. The fourth-order valence-corrected chi connectivity index (χ4v) is 6.32. The van der Waals surface area contributed by atoms with Crippen LogP contribution in [-0.4, -0.2) is 28.1 Å². The summed E-state index contributed by atoms with van der Waals surface area (Å²) in [5, 5.41) is 0. The second kappa shape index (κ2) is 4.98. The van der Waals surface area contributed by atoms with Gasteiger partial charge >= 0.3 is 0 Å². The van der Waals surface area contributed by atoms with E-state index in [4.69, 9.17) is 5.73 Å². The van der Waals surface area contributed by atoms with Crippen LogP contribution in [0.3, 0.4) is 0 Å². The number of hydrogen-bond donors (Lipinski definition) is 1. The fourth-order valence-electron chi connectivity index (χ4n) is 6.32. The van der Waals surface area contributed by atoms with E-state index in [1.165, 1.54) is 38.5 Å². The Morgan fingerprint density at radius 2 is 1.40 bits per heavy atom. The van der Waals surface area contributed by atoms with Gasteiger partial charge in [0, 0.05) is 23.2 Å². The third-order valence-electron chi connectivity index (χ3n) is 6.45. The zero-order valence-corrected chi connectivity index (χ0v) is 14.0. The minimum atomic E-state index is 0.260. The van der Waals surface area contributed by atoms with Crippen molar-refractivity contribution >= 4 is 0 Å². The molecule has 3 rings (SSSR count). The molecule has 0 radical (unpaired) electrons. The number of nitrogens with zero attached hydrogens (tertiary/aromatic N) is 1. The van der Waals surface area contributed by atoms with E-state index >= 15 is 0 Å². The van der Waals surface area contributed by atoms with Crippen LogP contribution in [0.1, 0.15) is 79.1 Å². The van der Waals surface area contributed by atoms with Crippen LogP contribution in [0.4, 0.5) is 0 Å². The van der Waals surface area contributed by atoms with Crippen LogP contribution in [-0.2, 0) is 0 Å². The van der Waals surface area contributed by atoms with Crippen LogP contribution in [0.2, 0.25) is 0 Å². The molecule has 1 aliphatic heterocycles. The van der Waals surface area contributed by atoms with Crippen LogP contribution >= 0.6 is 0 Å². The maximum absolute atomic E-state index is 6.36. The van der Waals surface area contributed by atoms with Gasteiger partial charge in [-0.1, -0.05) is 25.7 Å². The fraction of sp³-hybridized carbons (Fsp3) is 1.00. The summed E-state index contributed by atoms with van der Waals surface area (Å²) in [6, 6.07) is 1.19. The summed E-state index contributed by atoms with van der Waals surface area (Å²) in [7, 11) is 0. The largest absolute Gasteiger partial charge is 0.328 e. The first-order valence-electron chi connectivity index (χ1n) is 8.86. The molecule has 3 atom stereocenters. The van der Waals surface area contributed by atoms with Crippen molar-refractivity contribution in [1.29, 1.82) is 0 Å². The van der Waals surface area contributed by atoms with E-state index in [-0.39, 0.29) is 11.1 Å². The predicted molar refractivity (Wildman–Crippen MR) is 85.7 cm³/mol. The van der Waals surface area contributed by atoms with Crippen molar-refractivity contribution in [3.05, 3.63) is 0 Å². The van der Waals surface area contributed by atoms with Crippen molar-refractivity contribution in [2.45, 2.75) is 102 Å². The van der Waals surface area contributed by atoms with Crippen molar-refractivity contribution in [3.63, 3.8) is 0 Å². The molecule has 0 amide bonds. The molecule has 3 unspecified atom stereocenters. The average Bonchev–Trinajstić information content (AvgIpc) is 2.73. The number of nitrogens with two attached hydrogens (primary N) is 1. The summed E-state index contributed by atoms with van der Waals surface area (Å²) in [5.74, 6) is 1.99. The molecule has 2 heteroatoms. The van der Waals surface area contributed by atoms with E-state index in [0.717, 1.165) is 30.7 Å². The molecule has 0 aromatic rings. The second-order valence-corrected chi connectivity index (χ2v) is 9.02. The lowest BCUT2D eigenvalue weighted by molar-refractivity contribution is -0.0985. The Bertz CT molecular complexity index is 342. The van der Waals surface area contributed by atoms with Gasteiger partial charge in [0.15, 0.2) is 0 Å². The molecule has 0 aromatic heterocycles. The summed E-state index contributed by atoms with van der Waals surface area (Å²) >= 11 is 0. The molecule has 1 heterocycles. The highest BCUT2D eigenvalue weighted by molar-refractivity contribution is 5.07. The highest BCUT2D eigenvalue weighted by atomic mass is 15.3. The quantitative estimate of drug-likeness (QED) is 0.787. The second-order valence-electron chi connectivity index (χ2n) is 9.02. The zero-order chi connectivity index (χ0) is 14.5. The number of hydrogen-bond acceptors (Lipinski definition) is 2. The van der Waals surface area contributed by atoms with Crippen molar-refractivity contribution in [3.8, 4) is 0 Å². The minimum absolute atomic E-state index is 0.260. The molecule has 0 spiro atoms. The first-order chi connectivity index (χ1) is 9.31. The number of piperidine rings is 1. The Hall–Kier alpha value is -0.0800. The molecule has 0 bridgehead atoms. The van der Waals surface area contributed by atoms with Crippen LogP contribution in [0, 0.1) is 11.8 Å². The van der Waals surface area contributed by atoms with E-state index in [2.05, 4.69) is 32.6 Å². The van der Waals surface area contributed by atoms with E-state index in [1.807, 2.05) is 0 Å². The maximum atomic E-state index is 6.36. The van der Waals surface area contributed by atoms with Gasteiger partial charge in [0.25, 0.3) is 0 Å². The lowest BCUT2D eigenvalue weighted by Crippen LogP contribution is -2.68. The maximum Gasteiger partial charge on any atom is 0.0176 e. The number of fused-ring (bicyclic) bond motifs is 1. The highest BCUT2D eigenvalue weighted by Crippen LogP contribution is 2.49. The molecule has 3 aliphatic rings. The summed E-state index contributed by atoms with van der Waals surface area (Å²) in [4.78, 5) is 2.91. The van der Waals surface area contributed by atoms with E-state index in [9.17, 15) is 0 Å². The monoisotopic (exact) mass is 278 g/mol. The first kappa shape index (κ1) is 14.8. The smallest absolute Gasteiger partial charge is 0.0176 e. The van der Waals surface area contributed by atoms with E-state index in [1.54, 1.807) is 0 Å². The standard InChI is InChI=1S/C18H34N2/c1-17(2)11-14(19)12-18(3,4)20(17)16-10-6-8-13-7-5-9-15(13)16/h13-16H,5-12,19H2,1-4H3. The molecular formula is C18H34N2. The van der Waals surface area contributed by atoms with Crippen LogP contribution in [0.25, 0.3) is 0 Å². The number of likely N-dealkylation sites (tertiary alicyclic amines) is 1. The summed E-state index contributed by atoms with van der Waals surface area (Å²) in [6.07, 6.45) is 11.1. The normalized spacial score (nSPS) is 41.5. The van der Waals surface area contributed by atoms with E-state index in [0.29, 0.717) is 6.04 Å². The topological polar surface area (TPSA) is 29.3 Å². The van der Waals surface area contributed by atoms with Crippen LogP contribution in [0.15, 0.2) is 0 Å². The Kier molecular flexibility index (Phi) is 3.70. The SMILES string of the molecule is CC1(C)CC(N)CC(C)(C)N1C1CCCC2CCCC21. The lowest BCUT2D eigenvalue weighted by Gasteiger charge is -2.60. The zero-order valence-electron chi connectivity index (χ0n) is 14.0. The summed E-state index contributed by atoms with van der Waals surface area (Å²) in [6.45, 7) is 9.75. The van der Waals surface area contributed by atoms with Gasteiger partial charge in [-0.25, -0.2) is 0 Å². The van der Waals surface area contributed by atoms with Gasteiger partial charge in [-0.15, -0.1) is 0 Å². The highest BCUT2D eigenvalue weighted by Gasteiger charge is 2.51. The lowest BCUT2D eigenvalue weighted by atomic mass is 9.70. The van der Waals surface area contributed by atoms with Crippen LogP contribution < -0.4 is 5.73 Å². The van der Waals surface area contributed by atoms with Gasteiger partial charge in [-0.2, -0.15) is 0 Å². The van der Waals surface area contributed by atoms with Crippen molar-refractivity contribution in [2.24, 2.45) is 17.6 Å². The van der Waals surface area contributed by atoms with Crippen molar-refractivity contribution < 1.29 is 0 Å². The molecule has 2 saturated carbocycles. The Morgan fingerprint density at radius 1 is 0.850 bits per heavy atom. The van der Waals surface area contributed by atoms with Gasteiger partial charge in [-0.3, -0.25) is 4.90 Å². The molecule has 1 saturated heterocycles. The number of rotatable bonds is 1. The Balaban J connectivity index is 1.89. The third kappa shape index (κ3) is 2.43. The summed E-state index contributed by atoms with van der Waals surface area (Å²) < 4.78 is 0. The molecule has 20 heavy (non-hydrogen) atoms. The molecule has 2 nitrogen and oxygen atoms in total.